The van der Waals surface area contributed by atoms with Crippen LogP contribution in [0, 0.1) is 18.2 Å². The number of para-hydroxylation sites is 1. The molecule has 24 heavy (non-hydrogen) atoms. The summed E-state index contributed by atoms with van der Waals surface area (Å²) in [6, 6.07) is 12.6. The molecule has 0 aliphatic rings. The minimum Gasteiger partial charge on any atom is -0.341 e. The summed E-state index contributed by atoms with van der Waals surface area (Å²) in [5.41, 5.74) is 0.754. The predicted octanol–water partition coefficient (Wildman–Crippen LogP) is 2.92. The van der Waals surface area contributed by atoms with Crippen molar-refractivity contribution in [1.29, 1.82) is 0 Å². The van der Waals surface area contributed by atoms with Crippen molar-refractivity contribution >= 4 is 29.3 Å². The Kier molecular flexibility index (Phi) is 6.41. The molecule has 122 valence electrons. The van der Waals surface area contributed by atoms with Crippen LogP contribution in [0.15, 0.2) is 53.4 Å². The van der Waals surface area contributed by atoms with Gasteiger partial charge in [-0.3, -0.25) is 9.59 Å². The first-order valence-corrected chi connectivity index (χ1v) is 8.07. The van der Waals surface area contributed by atoms with E-state index < -0.39 is 0 Å². The van der Waals surface area contributed by atoms with E-state index in [1.165, 1.54) is 23.9 Å². The minimum atomic E-state index is -0.352. The third kappa shape index (κ3) is 5.14. The van der Waals surface area contributed by atoms with Crippen LogP contribution >= 0.6 is 11.8 Å². The molecule has 0 radical (unpaired) electrons. The molecule has 2 amide bonds. The number of halogens is 1. The van der Waals surface area contributed by atoms with E-state index in [2.05, 4.69) is 16.6 Å². The van der Waals surface area contributed by atoms with E-state index in [9.17, 15) is 14.0 Å². The summed E-state index contributed by atoms with van der Waals surface area (Å²) in [7, 11) is 0. The van der Waals surface area contributed by atoms with Gasteiger partial charge in [-0.2, -0.15) is 0 Å². The van der Waals surface area contributed by atoms with Crippen LogP contribution in [0.3, 0.4) is 0 Å². The van der Waals surface area contributed by atoms with E-state index in [4.69, 9.17) is 6.42 Å². The summed E-state index contributed by atoms with van der Waals surface area (Å²) in [5, 5.41) is 5.26. The molecule has 0 aliphatic heterocycles. The van der Waals surface area contributed by atoms with Crippen molar-refractivity contribution in [3.8, 4) is 12.3 Å². The Bertz CT molecular complexity index is 769. The number of hydrogen-bond donors (Lipinski definition) is 2. The molecule has 0 bridgehead atoms. The average Bonchev–Trinajstić information content (AvgIpc) is 2.59. The standard InChI is InChI=1S/C18H15FN2O2S/c1-2-11-20-18(23)15-5-3-4-6-16(15)21-17(22)12-24-14-9-7-13(19)8-10-14/h1,3-10H,11-12H2,(H,20,23)(H,21,22). The van der Waals surface area contributed by atoms with Crippen LogP contribution in [0.1, 0.15) is 10.4 Å². The monoisotopic (exact) mass is 342 g/mol. The minimum absolute atomic E-state index is 0.113. The molecule has 0 saturated carbocycles. The molecular weight excluding hydrogens is 327 g/mol. The molecule has 2 aromatic rings. The van der Waals surface area contributed by atoms with Gasteiger partial charge in [0.15, 0.2) is 0 Å². The lowest BCUT2D eigenvalue weighted by Crippen LogP contribution is -2.25. The average molecular weight is 342 g/mol. The van der Waals surface area contributed by atoms with Gasteiger partial charge in [0.25, 0.3) is 5.91 Å². The van der Waals surface area contributed by atoms with Crippen molar-refractivity contribution in [2.75, 3.05) is 17.6 Å². The summed E-state index contributed by atoms with van der Waals surface area (Å²) in [5.74, 6) is 1.53. The molecule has 0 unspecified atom stereocenters. The molecule has 0 atom stereocenters. The van der Waals surface area contributed by atoms with E-state index in [1.54, 1.807) is 36.4 Å². The quantitative estimate of drug-likeness (QED) is 0.627. The largest absolute Gasteiger partial charge is 0.341 e. The normalized spacial score (nSPS) is 9.83. The molecule has 0 aromatic heterocycles. The zero-order valence-corrected chi connectivity index (χ0v) is 13.5. The highest BCUT2D eigenvalue weighted by molar-refractivity contribution is 8.00. The molecule has 2 rings (SSSR count). The molecule has 2 aromatic carbocycles. The van der Waals surface area contributed by atoms with E-state index in [-0.39, 0.29) is 29.9 Å². The van der Waals surface area contributed by atoms with Crippen LogP contribution in [0.2, 0.25) is 0 Å². The van der Waals surface area contributed by atoms with E-state index in [1.807, 2.05) is 0 Å². The van der Waals surface area contributed by atoms with Crippen molar-refractivity contribution in [2.24, 2.45) is 0 Å². The van der Waals surface area contributed by atoms with Crippen molar-refractivity contribution < 1.29 is 14.0 Å². The Morgan fingerprint density at radius 1 is 1.12 bits per heavy atom. The number of carbonyl (C=O) groups is 2. The predicted molar refractivity (Wildman–Crippen MR) is 93.4 cm³/mol. The van der Waals surface area contributed by atoms with E-state index in [0.717, 1.165) is 4.90 Å². The van der Waals surface area contributed by atoms with Crippen molar-refractivity contribution in [3.63, 3.8) is 0 Å². The molecule has 0 saturated heterocycles. The van der Waals surface area contributed by atoms with Crippen LogP contribution in [0.4, 0.5) is 10.1 Å². The van der Waals surface area contributed by atoms with Gasteiger partial charge in [0, 0.05) is 4.90 Å². The van der Waals surface area contributed by atoms with Gasteiger partial charge >= 0.3 is 0 Å². The number of rotatable bonds is 6. The lowest BCUT2D eigenvalue weighted by molar-refractivity contribution is -0.113. The van der Waals surface area contributed by atoms with Crippen molar-refractivity contribution in [3.05, 3.63) is 59.9 Å². The van der Waals surface area contributed by atoms with Crippen LogP contribution < -0.4 is 10.6 Å². The summed E-state index contributed by atoms with van der Waals surface area (Å²) in [6.07, 6.45) is 5.12. The first-order chi connectivity index (χ1) is 11.6. The number of hydrogen-bond acceptors (Lipinski definition) is 3. The zero-order chi connectivity index (χ0) is 17.4. The van der Waals surface area contributed by atoms with Crippen molar-refractivity contribution in [1.82, 2.24) is 5.32 Å². The fraction of sp³-hybridized carbons (Fsp3) is 0.111. The number of terminal acetylenes is 1. The highest BCUT2D eigenvalue weighted by Crippen LogP contribution is 2.20. The maximum atomic E-state index is 12.8. The molecular formula is C18H15FN2O2S. The van der Waals surface area contributed by atoms with Gasteiger partial charge < -0.3 is 10.6 Å². The van der Waals surface area contributed by atoms with E-state index in [0.29, 0.717) is 11.3 Å². The second kappa shape index (κ2) is 8.75. The summed E-state index contributed by atoms with van der Waals surface area (Å²) >= 11 is 1.28. The molecule has 4 nitrogen and oxygen atoms in total. The van der Waals surface area contributed by atoms with Gasteiger partial charge in [0.2, 0.25) is 5.91 Å². The Morgan fingerprint density at radius 3 is 2.54 bits per heavy atom. The second-order valence-corrected chi connectivity index (χ2v) is 5.77. The van der Waals surface area contributed by atoms with Gasteiger partial charge in [-0.05, 0) is 36.4 Å². The summed E-state index contributed by atoms with van der Waals surface area (Å²) < 4.78 is 12.8. The number of amides is 2. The Labute approximate surface area is 143 Å². The topological polar surface area (TPSA) is 58.2 Å². The van der Waals surface area contributed by atoms with Gasteiger partial charge in [0.1, 0.15) is 5.82 Å². The highest BCUT2D eigenvalue weighted by Gasteiger charge is 2.12. The Balaban J connectivity index is 1.97. The number of nitrogens with one attached hydrogen (secondary N) is 2. The fourth-order valence-corrected chi connectivity index (χ4v) is 2.58. The van der Waals surface area contributed by atoms with Crippen LogP contribution in [-0.4, -0.2) is 24.1 Å². The summed E-state index contributed by atoms with van der Waals surface area (Å²) in [4.78, 5) is 24.9. The van der Waals surface area contributed by atoms with Crippen LogP contribution in [0.5, 0.6) is 0 Å². The maximum Gasteiger partial charge on any atom is 0.254 e. The third-order valence-electron chi connectivity index (χ3n) is 2.98. The first-order valence-electron chi connectivity index (χ1n) is 7.09. The molecule has 2 N–H and O–H groups in total. The van der Waals surface area contributed by atoms with Gasteiger partial charge in [-0.15, -0.1) is 18.2 Å². The van der Waals surface area contributed by atoms with Crippen molar-refractivity contribution in [2.45, 2.75) is 4.90 Å². The number of anilines is 1. The molecule has 6 heteroatoms. The van der Waals surface area contributed by atoms with Gasteiger partial charge in [-0.1, -0.05) is 18.1 Å². The van der Waals surface area contributed by atoms with Gasteiger partial charge in [0.05, 0.1) is 23.5 Å². The summed E-state index contributed by atoms with van der Waals surface area (Å²) in [6.45, 7) is 0.113. The molecule has 0 heterocycles. The third-order valence-corrected chi connectivity index (χ3v) is 3.99. The highest BCUT2D eigenvalue weighted by atomic mass is 32.2. The fourth-order valence-electron chi connectivity index (χ4n) is 1.88. The van der Waals surface area contributed by atoms with Crippen LogP contribution in [-0.2, 0) is 4.79 Å². The van der Waals surface area contributed by atoms with Crippen LogP contribution in [0.25, 0.3) is 0 Å². The smallest absolute Gasteiger partial charge is 0.254 e. The zero-order valence-electron chi connectivity index (χ0n) is 12.7. The number of benzene rings is 2. The number of carbonyl (C=O) groups excluding carboxylic acids is 2. The molecule has 0 spiro atoms. The second-order valence-electron chi connectivity index (χ2n) is 4.72. The molecule has 0 fully saturated rings. The lowest BCUT2D eigenvalue weighted by atomic mass is 10.1. The first kappa shape index (κ1) is 17.6. The Morgan fingerprint density at radius 2 is 1.83 bits per heavy atom. The Hall–Kier alpha value is -2.78. The maximum absolute atomic E-state index is 12.8. The SMILES string of the molecule is C#CCNC(=O)c1ccccc1NC(=O)CSc1ccc(F)cc1. The van der Waals surface area contributed by atoms with Gasteiger partial charge in [-0.25, -0.2) is 4.39 Å². The molecule has 0 aliphatic carbocycles. The lowest BCUT2D eigenvalue weighted by Gasteiger charge is -2.10. The van der Waals surface area contributed by atoms with E-state index >= 15 is 0 Å². The number of thioether (sulfide) groups is 1.